The number of carbonyl (C=O) groups is 1. The second kappa shape index (κ2) is 4.97. The van der Waals surface area contributed by atoms with E-state index in [4.69, 9.17) is 4.74 Å². The number of carbonyl (C=O) groups excluding carboxylic acids is 1. The fourth-order valence-corrected chi connectivity index (χ4v) is 5.02. The second-order valence-corrected chi connectivity index (χ2v) is 7.10. The largest absolute Gasteiger partial charge is 0.445 e. The third-order valence-corrected chi connectivity index (χ3v) is 5.21. The van der Waals surface area contributed by atoms with E-state index in [9.17, 15) is 4.79 Å². The predicted octanol–water partition coefficient (Wildman–Crippen LogP) is 2.29. The Balaban J connectivity index is 1.58. The number of rotatable bonds is 4. The van der Waals surface area contributed by atoms with Crippen molar-refractivity contribution in [1.29, 1.82) is 0 Å². The molecule has 0 spiro atoms. The molecule has 0 aromatic carbocycles. The summed E-state index contributed by atoms with van der Waals surface area (Å²) in [5, 5.41) is 6.25. The van der Waals surface area contributed by atoms with E-state index in [-0.39, 0.29) is 17.7 Å². The zero-order valence-electron chi connectivity index (χ0n) is 12.1. The number of alkyl carbamates (subject to hydrolysis) is 1. The van der Waals surface area contributed by atoms with Gasteiger partial charge in [-0.25, -0.2) is 4.79 Å². The van der Waals surface area contributed by atoms with Gasteiger partial charge in [0.05, 0.1) is 0 Å². The van der Waals surface area contributed by atoms with Gasteiger partial charge in [-0.05, 0) is 70.3 Å². The Hall–Kier alpha value is -0.770. The van der Waals surface area contributed by atoms with Crippen LogP contribution in [0.5, 0.6) is 0 Å². The number of hydrogen-bond donors (Lipinski definition) is 2. The Morgan fingerprint density at radius 3 is 2.21 bits per heavy atom. The number of amides is 1. The van der Waals surface area contributed by atoms with Crippen molar-refractivity contribution < 1.29 is 9.53 Å². The summed E-state index contributed by atoms with van der Waals surface area (Å²) < 4.78 is 5.42. The van der Waals surface area contributed by atoms with Gasteiger partial charge in [0, 0.05) is 12.1 Å². The average molecular weight is 266 g/mol. The summed E-state index contributed by atoms with van der Waals surface area (Å²) in [6.07, 6.45) is 7.42. The lowest BCUT2D eigenvalue weighted by Gasteiger charge is -2.56. The third-order valence-electron chi connectivity index (χ3n) is 5.21. The van der Waals surface area contributed by atoms with E-state index < -0.39 is 0 Å². The SMILES string of the molecule is CNCC(C)OC(=O)NC12CC3CC(CC(C3)C1)C2. The summed E-state index contributed by atoms with van der Waals surface area (Å²) >= 11 is 0. The lowest BCUT2D eigenvalue weighted by molar-refractivity contribution is -0.0212. The topological polar surface area (TPSA) is 50.4 Å². The van der Waals surface area contributed by atoms with E-state index >= 15 is 0 Å². The zero-order valence-corrected chi connectivity index (χ0v) is 12.1. The van der Waals surface area contributed by atoms with E-state index in [1.54, 1.807) is 0 Å². The average Bonchev–Trinajstić information content (AvgIpc) is 2.25. The molecule has 19 heavy (non-hydrogen) atoms. The standard InChI is InChI=1S/C15H26N2O2/c1-10(9-16-2)19-14(18)17-15-6-11-3-12(7-15)5-13(4-11)8-15/h10-13,16H,3-9H2,1-2H3,(H,17,18). The molecule has 108 valence electrons. The molecule has 1 amide bonds. The van der Waals surface area contributed by atoms with Crippen LogP contribution in [0.3, 0.4) is 0 Å². The van der Waals surface area contributed by atoms with Crippen LogP contribution in [0.15, 0.2) is 0 Å². The summed E-state index contributed by atoms with van der Waals surface area (Å²) in [6, 6.07) is 0. The van der Waals surface area contributed by atoms with Gasteiger partial charge < -0.3 is 15.4 Å². The molecular formula is C15H26N2O2. The molecule has 4 heteroatoms. The van der Waals surface area contributed by atoms with Crippen LogP contribution in [0.1, 0.15) is 45.4 Å². The van der Waals surface area contributed by atoms with Crippen LogP contribution in [-0.4, -0.2) is 31.3 Å². The first-order valence-corrected chi connectivity index (χ1v) is 7.72. The lowest BCUT2D eigenvalue weighted by Crippen LogP contribution is -2.60. The van der Waals surface area contributed by atoms with Crippen LogP contribution >= 0.6 is 0 Å². The molecule has 0 aliphatic heterocycles. The van der Waals surface area contributed by atoms with Gasteiger partial charge in [0.25, 0.3) is 0 Å². The number of nitrogens with one attached hydrogen (secondary N) is 2. The van der Waals surface area contributed by atoms with E-state index in [0.29, 0.717) is 6.54 Å². The quantitative estimate of drug-likeness (QED) is 0.821. The minimum absolute atomic E-state index is 0.0607. The van der Waals surface area contributed by atoms with Gasteiger partial charge in [-0.3, -0.25) is 0 Å². The van der Waals surface area contributed by atoms with Crippen molar-refractivity contribution in [3.63, 3.8) is 0 Å². The van der Waals surface area contributed by atoms with E-state index in [0.717, 1.165) is 17.8 Å². The van der Waals surface area contributed by atoms with Gasteiger partial charge in [-0.2, -0.15) is 0 Å². The van der Waals surface area contributed by atoms with Gasteiger partial charge in [0.15, 0.2) is 0 Å². The fourth-order valence-electron chi connectivity index (χ4n) is 5.02. The molecule has 0 heterocycles. The highest BCUT2D eigenvalue weighted by Gasteiger charge is 2.51. The molecule has 4 fully saturated rings. The number of ether oxygens (including phenoxy) is 1. The molecule has 1 unspecified atom stereocenters. The minimum Gasteiger partial charge on any atom is -0.445 e. The second-order valence-electron chi connectivity index (χ2n) is 7.10. The smallest absolute Gasteiger partial charge is 0.407 e. The molecule has 4 bridgehead atoms. The summed E-state index contributed by atoms with van der Waals surface area (Å²) in [4.78, 5) is 12.1. The van der Waals surface area contributed by atoms with Gasteiger partial charge in [-0.1, -0.05) is 0 Å². The number of hydrogen-bond acceptors (Lipinski definition) is 3. The van der Waals surface area contributed by atoms with Crippen LogP contribution in [-0.2, 0) is 4.74 Å². The van der Waals surface area contributed by atoms with Gasteiger partial charge in [0.2, 0.25) is 0 Å². The fraction of sp³-hybridized carbons (Fsp3) is 0.933. The highest BCUT2D eigenvalue weighted by Crippen LogP contribution is 2.55. The lowest BCUT2D eigenvalue weighted by atomic mass is 9.53. The predicted molar refractivity (Wildman–Crippen MR) is 73.9 cm³/mol. The van der Waals surface area contributed by atoms with Crippen molar-refractivity contribution in [3.05, 3.63) is 0 Å². The van der Waals surface area contributed by atoms with E-state index in [2.05, 4.69) is 10.6 Å². The maximum absolute atomic E-state index is 12.1. The summed E-state index contributed by atoms with van der Waals surface area (Å²) in [5.74, 6) is 2.55. The normalized spacial score (nSPS) is 41.1. The molecule has 4 nitrogen and oxygen atoms in total. The summed E-state index contributed by atoms with van der Waals surface area (Å²) in [6.45, 7) is 2.63. The van der Waals surface area contributed by atoms with Crippen molar-refractivity contribution in [2.75, 3.05) is 13.6 Å². The molecule has 1 atom stereocenters. The highest BCUT2D eigenvalue weighted by molar-refractivity contribution is 5.68. The maximum atomic E-state index is 12.1. The van der Waals surface area contributed by atoms with E-state index in [1.165, 1.54) is 38.5 Å². The molecule has 4 rings (SSSR count). The zero-order chi connectivity index (χ0) is 13.5. The van der Waals surface area contributed by atoms with Crippen molar-refractivity contribution in [1.82, 2.24) is 10.6 Å². The van der Waals surface area contributed by atoms with Crippen molar-refractivity contribution in [2.45, 2.75) is 57.1 Å². The Kier molecular flexibility index (Phi) is 3.46. The van der Waals surface area contributed by atoms with Crippen LogP contribution in [0.2, 0.25) is 0 Å². The Morgan fingerprint density at radius 2 is 1.74 bits per heavy atom. The van der Waals surface area contributed by atoms with Crippen molar-refractivity contribution >= 4 is 6.09 Å². The molecule has 0 saturated heterocycles. The van der Waals surface area contributed by atoms with Gasteiger partial charge in [-0.15, -0.1) is 0 Å². The Bertz CT molecular complexity index is 321. The highest BCUT2D eigenvalue weighted by atomic mass is 16.6. The van der Waals surface area contributed by atoms with Gasteiger partial charge in [0.1, 0.15) is 6.10 Å². The monoisotopic (exact) mass is 266 g/mol. The summed E-state index contributed by atoms with van der Waals surface area (Å²) in [5.41, 5.74) is 0.0607. The minimum atomic E-state index is -0.218. The Labute approximate surface area is 115 Å². The molecule has 4 saturated carbocycles. The first kappa shape index (κ1) is 13.2. The first-order chi connectivity index (χ1) is 9.08. The molecule has 4 aliphatic carbocycles. The molecule has 0 aromatic heterocycles. The van der Waals surface area contributed by atoms with Crippen molar-refractivity contribution in [3.8, 4) is 0 Å². The Morgan fingerprint density at radius 1 is 1.21 bits per heavy atom. The molecule has 2 N–H and O–H groups in total. The maximum Gasteiger partial charge on any atom is 0.407 e. The van der Waals surface area contributed by atoms with Crippen LogP contribution in [0.25, 0.3) is 0 Å². The number of likely N-dealkylation sites (N-methyl/N-ethyl adjacent to an activating group) is 1. The van der Waals surface area contributed by atoms with Crippen molar-refractivity contribution in [2.24, 2.45) is 17.8 Å². The summed E-state index contributed by atoms with van der Waals surface area (Å²) in [7, 11) is 1.87. The van der Waals surface area contributed by atoms with Crippen LogP contribution < -0.4 is 10.6 Å². The van der Waals surface area contributed by atoms with E-state index in [1.807, 2.05) is 14.0 Å². The molecule has 0 aromatic rings. The molecule has 0 radical (unpaired) electrons. The van der Waals surface area contributed by atoms with Crippen LogP contribution in [0, 0.1) is 17.8 Å². The molecule has 4 aliphatic rings. The first-order valence-electron chi connectivity index (χ1n) is 7.72. The third kappa shape index (κ3) is 2.73. The van der Waals surface area contributed by atoms with Crippen LogP contribution in [0.4, 0.5) is 4.79 Å². The van der Waals surface area contributed by atoms with Gasteiger partial charge >= 0.3 is 6.09 Å². The molecular weight excluding hydrogens is 240 g/mol.